The molecule has 3 rings (SSSR count). The Balaban J connectivity index is 1.90. The summed E-state index contributed by atoms with van der Waals surface area (Å²) in [4.78, 5) is 25.3. The van der Waals surface area contributed by atoms with Gasteiger partial charge in [-0.05, 0) is 32.6 Å². The Labute approximate surface area is 145 Å². The second-order valence-corrected chi connectivity index (χ2v) is 7.93. The van der Waals surface area contributed by atoms with Gasteiger partial charge in [0.05, 0.1) is 26.4 Å². The monoisotopic (exact) mass is 354 g/mol. The highest BCUT2D eigenvalue weighted by Crippen LogP contribution is 2.48. The minimum absolute atomic E-state index is 0.133. The predicted octanol–water partition coefficient (Wildman–Crippen LogP) is -1.07. The summed E-state index contributed by atoms with van der Waals surface area (Å²) < 4.78 is 2.76. The van der Waals surface area contributed by atoms with E-state index in [0.29, 0.717) is 31.2 Å². The molecule has 8 heteroatoms. The van der Waals surface area contributed by atoms with Crippen molar-refractivity contribution in [3.05, 3.63) is 32.6 Å². The normalized spacial score (nSPS) is 22.4. The summed E-state index contributed by atoms with van der Waals surface area (Å²) in [5.41, 5.74) is -1.47. The van der Waals surface area contributed by atoms with Gasteiger partial charge in [0.25, 0.3) is 5.56 Å². The Morgan fingerprint density at radius 3 is 1.80 bits per heavy atom. The zero-order chi connectivity index (χ0) is 18.4. The van der Waals surface area contributed by atoms with E-state index in [9.17, 15) is 30.0 Å². The number of aliphatic hydroxyl groups excluding tert-OH is 4. The van der Waals surface area contributed by atoms with Crippen LogP contribution < -0.4 is 11.2 Å². The molecule has 1 aromatic rings. The highest BCUT2D eigenvalue weighted by molar-refractivity contribution is 5.09. The lowest BCUT2D eigenvalue weighted by Gasteiger charge is -2.47. The van der Waals surface area contributed by atoms with Crippen LogP contribution in [0.2, 0.25) is 0 Å². The lowest BCUT2D eigenvalue weighted by molar-refractivity contribution is -0.0518. The van der Waals surface area contributed by atoms with Crippen LogP contribution in [0, 0.1) is 17.8 Å². The van der Waals surface area contributed by atoms with Crippen molar-refractivity contribution in [1.29, 1.82) is 0 Å². The first-order valence-corrected chi connectivity index (χ1v) is 8.62. The Kier molecular flexibility index (Phi) is 4.65. The zero-order valence-corrected chi connectivity index (χ0v) is 14.4. The van der Waals surface area contributed by atoms with Crippen molar-refractivity contribution in [2.75, 3.05) is 26.4 Å². The van der Waals surface area contributed by atoms with Crippen molar-refractivity contribution in [3.8, 4) is 0 Å². The molecule has 0 bridgehead atoms. The van der Waals surface area contributed by atoms with Crippen molar-refractivity contribution in [1.82, 2.24) is 9.13 Å². The Morgan fingerprint density at radius 2 is 1.36 bits per heavy atom. The van der Waals surface area contributed by atoms with Gasteiger partial charge in [-0.2, -0.15) is 0 Å². The topological polar surface area (TPSA) is 125 Å². The van der Waals surface area contributed by atoms with Crippen molar-refractivity contribution in [3.63, 3.8) is 0 Å². The number of hydrogen-bond donors (Lipinski definition) is 4. The molecule has 25 heavy (non-hydrogen) atoms. The largest absolute Gasteiger partial charge is 0.396 e. The van der Waals surface area contributed by atoms with E-state index in [2.05, 4.69) is 0 Å². The van der Waals surface area contributed by atoms with E-state index in [-0.39, 0.29) is 44.1 Å². The third-order valence-electron chi connectivity index (χ3n) is 6.09. The van der Waals surface area contributed by atoms with Crippen molar-refractivity contribution < 1.29 is 20.4 Å². The molecule has 8 nitrogen and oxygen atoms in total. The third-order valence-corrected chi connectivity index (χ3v) is 6.09. The summed E-state index contributed by atoms with van der Waals surface area (Å²) in [7, 11) is 0. The fourth-order valence-electron chi connectivity index (χ4n) is 4.18. The fraction of sp³-hybridized carbons (Fsp3) is 0.765. The highest BCUT2D eigenvalue weighted by atomic mass is 16.3. The zero-order valence-electron chi connectivity index (χ0n) is 14.4. The third kappa shape index (κ3) is 2.77. The van der Waals surface area contributed by atoms with Gasteiger partial charge in [-0.3, -0.25) is 13.9 Å². The van der Waals surface area contributed by atoms with Crippen molar-refractivity contribution in [2.24, 2.45) is 10.8 Å². The van der Waals surface area contributed by atoms with Gasteiger partial charge in [-0.1, -0.05) is 0 Å². The number of hydrogen-bond acceptors (Lipinski definition) is 6. The summed E-state index contributed by atoms with van der Waals surface area (Å²) in [5.74, 6) is 0. The molecule has 4 N–H and O–H groups in total. The van der Waals surface area contributed by atoms with Gasteiger partial charge in [0.15, 0.2) is 0 Å². The van der Waals surface area contributed by atoms with Crippen LogP contribution in [0.5, 0.6) is 0 Å². The fourth-order valence-corrected chi connectivity index (χ4v) is 4.18. The quantitative estimate of drug-likeness (QED) is 0.516. The lowest BCUT2D eigenvalue weighted by atomic mass is 9.66. The molecule has 2 aliphatic rings. The van der Waals surface area contributed by atoms with Gasteiger partial charge in [-0.25, -0.2) is 4.79 Å². The molecule has 0 atom stereocenters. The summed E-state index contributed by atoms with van der Waals surface area (Å²) >= 11 is 0. The van der Waals surface area contributed by atoms with Crippen LogP contribution in [-0.4, -0.2) is 56.0 Å². The summed E-state index contributed by atoms with van der Waals surface area (Å²) in [6, 6.07) is -0.483. The maximum atomic E-state index is 12.9. The van der Waals surface area contributed by atoms with E-state index in [0.717, 1.165) is 0 Å². The molecule has 0 unspecified atom stereocenters. The Hall–Kier alpha value is -1.48. The smallest absolute Gasteiger partial charge is 0.331 e. The lowest BCUT2D eigenvalue weighted by Crippen LogP contribution is -2.54. The minimum atomic E-state index is -0.621. The average Bonchev–Trinajstić information content (AvgIpc) is 2.54. The van der Waals surface area contributed by atoms with Gasteiger partial charge in [0.1, 0.15) is 0 Å². The average molecular weight is 354 g/mol. The predicted molar refractivity (Wildman–Crippen MR) is 89.5 cm³/mol. The first kappa shape index (κ1) is 18.3. The molecular weight excluding hydrogens is 328 g/mol. The van der Waals surface area contributed by atoms with Gasteiger partial charge < -0.3 is 20.4 Å². The summed E-state index contributed by atoms with van der Waals surface area (Å²) in [6.45, 7) is 1.04. The van der Waals surface area contributed by atoms with Crippen molar-refractivity contribution in [2.45, 2.75) is 44.7 Å². The maximum Gasteiger partial charge on any atom is 0.331 e. The molecule has 0 radical (unpaired) electrons. The Morgan fingerprint density at radius 1 is 0.920 bits per heavy atom. The van der Waals surface area contributed by atoms with Crippen LogP contribution in [0.1, 0.15) is 43.3 Å². The number of aryl methyl sites for hydroxylation is 1. The second-order valence-electron chi connectivity index (χ2n) is 7.93. The van der Waals surface area contributed by atoms with Gasteiger partial charge >= 0.3 is 5.69 Å². The second kappa shape index (κ2) is 6.35. The number of aromatic nitrogens is 2. The number of rotatable bonds is 6. The first-order chi connectivity index (χ1) is 11.8. The van der Waals surface area contributed by atoms with E-state index in [1.807, 2.05) is 0 Å². The standard InChI is InChI=1S/C17H26N2O6/c1-11-6-18(12-2-16(3-12,7-20)8-21)15(25)19(14(11)24)13-4-17(5-13,9-22)10-23/h6,12-13,20-23H,2-5,7-10H2,1H3. The molecule has 140 valence electrons. The molecule has 0 amide bonds. The Bertz CT molecular complexity index is 743. The van der Waals surface area contributed by atoms with Crippen molar-refractivity contribution >= 4 is 0 Å². The van der Waals surface area contributed by atoms with Gasteiger partial charge in [-0.15, -0.1) is 0 Å². The summed E-state index contributed by atoms with van der Waals surface area (Å²) in [5, 5.41) is 37.7. The van der Waals surface area contributed by atoms with E-state index < -0.39 is 16.5 Å². The molecular formula is C17H26N2O6. The van der Waals surface area contributed by atoms with Gasteiger partial charge in [0.2, 0.25) is 0 Å². The van der Waals surface area contributed by atoms with Crippen LogP contribution in [-0.2, 0) is 0 Å². The van der Waals surface area contributed by atoms with E-state index in [4.69, 9.17) is 0 Å². The van der Waals surface area contributed by atoms with Crippen LogP contribution in [0.3, 0.4) is 0 Å². The van der Waals surface area contributed by atoms with E-state index in [1.165, 1.54) is 9.13 Å². The molecule has 0 saturated heterocycles. The molecule has 2 saturated carbocycles. The van der Waals surface area contributed by atoms with Crippen LogP contribution in [0.25, 0.3) is 0 Å². The highest BCUT2D eigenvalue weighted by Gasteiger charge is 2.47. The molecule has 1 heterocycles. The first-order valence-electron chi connectivity index (χ1n) is 8.62. The van der Waals surface area contributed by atoms with Crippen LogP contribution >= 0.6 is 0 Å². The molecule has 0 spiro atoms. The molecule has 2 aliphatic carbocycles. The number of nitrogens with zero attached hydrogens (tertiary/aromatic N) is 2. The number of aliphatic hydroxyl groups is 4. The molecule has 0 aliphatic heterocycles. The molecule has 0 aromatic carbocycles. The minimum Gasteiger partial charge on any atom is -0.396 e. The van der Waals surface area contributed by atoms with Crippen LogP contribution in [0.15, 0.2) is 15.8 Å². The SMILES string of the molecule is Cc1cn(C2CC(CO)(CO)C2)c(=O)n(C2CC(CO)(CO)C2)c1=O. The maximum absolute atomic E-state index is 12.9. The molecule has 1 aromatic heterocycles. The summed E-state index contributed by atoms with van der Waals surface area (Å²) in [6.07, 6.45) is 3.30. The molecule has 2 fully saturated rings. The van der Waals surface area contributed by atoms with E-state index >= 15 is 0 Å². The van der Waals surface area contributed by atoms with Crippen LogP contribution in [0.4, 0.5) is 0 Å². The van der Waals surface area contributed by atoms with E-state index in [1.54, 1.807) is 13.1 Å². The van der Waals surface area contributed by atoms with Gasteiger partial charge in [0, 0.05) is 34.7 Å².